The topological polar surface area (TPSA) is 76.7 Å². The van der Waals surface area contributed by atoms with E-state index in [1.165, 1.54) is 0 Å². The van der Waals surface area contributed by atoms with Crippen LogP contribution in [-0.4, -0.2) is 43.9 Å². The molecule has 0 spiro atoms. The first kappa shape index (κ1) is 19.7. The van der Waals surface area contributed by atoms with Crippen LogP contribution in [0.3, 0.4) is 0 Å². The van der Waals surface area contributed by atoms with Crippen molar-refractivity contribution in [3.63, 3.8) is 0 Å². The molecule has 0 fully saturated rings. The van der Waals surface area contributed by atoms with E-state index in [1.807, 2.05) is 27.7 Å². The van der Waals surface area contributed by atoms with Crippen molar-refractivity contribution in [3.8, 4) is 0 Å². The van der Waals surface area contributed by atoms with Crippen LogP contribution in [0.5, 0.6) is 0 Å². The smallest absolute Gasteiger partial charge is 0.407 e. The standard InChI is InChI=1S/C15H30N2O4/c1-5-20-13(18)9-7-6-8-10-16-11-12-17-14(19)21-15(2,3)4/h16H,5-12H2,1-4H3,(H,17,19). The molecule has 0 aromatic carbocycles. The van der Waals surface area contributed by atoms with E-state index in [4.69, 9.17) is 9.47 Å². The van der Waals surface area contributed by atoms with E-state index in [0.717, 1.165) is 25.8 Å². The number of unbranched alkanes of at least 4 members (excludes halogenated alkanes) is 2. The minimum atomic E-state index is -0.462. The largest absolute Gasteiger partial charge is 0.466 e. The molecule has 0 heterocycles. The van der Waals surface area contributed by atoms with E-state index >= 15 is 0 Å². The van der Waals surface area contributed by atoms with Gasteiger partial charge in [-0.25, -0.2) is 4.79 Å². The van der Waals surface area contributed by atoms with E-state index in [1.54, 1.807) is 0 Å². The molecule has 0 saturated heterocycles. The Morgan fingerprint density at radius 3 is 2.33 bits per heavy atom. The lowest BCUT2D eigenvalue weighted by atomic mass is 10.2. The van der Waals surface area contributed by atoms with Gasteiger partial charge in [-0.1, -0.05) is 6.42 Å². The maximum absolute atomic E-state index is 11.3. The number of carbonyl (C=O) groups is 2. The zero-order chi connectivity index (χ0) is 16.1. The van der Waals surface area contributed by atoms with E-state index < -0.39 is 11.7 Å². The van der Waals surface area contributed by atoms with Crippen LogP contribution in [0.4, 0.5) is 4.79 Å². The second-order valence-electron chi connectivity index (χ2n) is 5.79. The molecular formula is C15H30N2O4. The first-order valence-corrected chi connectivity index (χ1v) is 7.68. The molecule has 6 heteroatoms. The molecule has 0 saturated carbocycles. The molecule has 0 unspecified atom stereocenters. The van der Waals surface area contributed by atoms with E-state index in [-0.39, 0.29) is 5.97 Å². The van der Waals surface area contributed by atoms with Gasteiger partial charge in [0.15, 0.2) is 0 Å². The van der Waals surface area contributed by atoms with Gasteiger partial charge in [-0.15, -0.1) is 0 Å². The number of hydrogen-bond donors (Lipinski definition) is 2. The lowest BCUT2D eigenvalue weighted by molar-refractivity contribution is -0.143. The first-order valence-electron chi connectivity index (χ1n) is 7.68. The quantitative estimate of drug-likeness (QED) is 0.478. The summed E-state index contributed by atoms with van der Waals surface area (Å²) in [5.41, 5.74) is -0.462. The van der Waals surface area contributed by atoms with Gasteiger partial charge in [0.2, 0.25) is 0 Å². The predicted octanol–water partition coefficient (Wildman–Crippen LogP) is 2.22. The van der Waals surface area contributed by atoms with Crippen LogP contribution in [0.2, 0.25) is 0 Å². The summed E-state index contributed by atoms with van der Waals surface area (Å²) in [6.07, 6.45) is 2.96. The molecule has 6 nitrogen and oxygen atoms in total. The van der Waals surface area contributed by atoms with E-state index in [0.29, 0.717) is 26.1 Å². The van der Waals surface area contributed by atoms with Gasteiger partial charge in [-0.05, 0) is 47.1 Å². The van der Waals surface area contributed by atoms with Gasteiger partial charge < -0.3 is 20.1 Å². The monoisotopic (exact) mass is 302 g/mol. The lowest BCUT2D eigenvalue weighted by Crippen LogP contribution is -2.36. The highest BCUT2D eigenvalue weighted by Crippen LogP contribution is 2.06. The molecule has 0 atom stereocenters. The maximum atomic E-state index is 11.3. The average Bonchev–Trinajstić information content (AvgIpc) is 2.35. The Morgan fingerprint density at radius 2 is 1.71 bits per heavy atom. The first-order chi connectivity index (χ1) is 9.85. The SMILES string of the molecule is CCOC(=O)CCCCCNCCNC(=O)OC(C)(C)C. The lowest BCUT2D eigenvalue weighted by Gasteiger charge is -2.19. The number of alkyl carbamates (subject to hydrolysis) is 1. The molecule has 21 heavy (non-hydrogen) atoms. The summed E-state index contributed by atoms with van der Waals surface area (Å²) >= 11 is 0. The molecule has 0 bridgehead atoms. The number of amides is 1. The van der Waals surface area contributed by atoms with Gasteiger partial charge in [0, 0.05) is 19.5 Å². The number of rotatable bonds is 10. The second-order valence-corrected chi connectivity index (χ2v) is 5.79. The number of ether oxygens (including phenoxy) is 2. The summed E-state index contributed by atoms with van der Waals surface area (Å²) in [5, 5.41) is 5.92. The molecule has 0 aromatic heterocycles. The number of esters is 1. The highest BCUT2D eigenvalue weighted by molar-refractivity contribution is 5.69. The van der Waals surface area contributed by atoms with Crippen LogP contribution in [0.25, 0.3) is 0 Å². The van der Waals surface area contributed by atoms with Crippen LogP contribution in [0.1, 0.15) is 53.4 Å². The molecule has 0 aromatic rings. The van der Waals surface area contributed by atoms with Gasteiger partial charge in [-0.2, -0.15) is 0 Å². The minimum absolute atomic E-state index is 0.119. The van der Waals surface area contributed by atoms with Gasteiger partial charge in [0.05, 0.1) is 6.61 Å². The van der Waals surface area contributed by atoms with Crippen molar-refractivity contribution in [3.05, 3.63) is 0 Å². The molecule has 2 N–H and O–H groups in total. The van der Waals surface area contributed by atoms with Gasteiger partial charge in [-0.3, -0.25) is 4.79 Å². The average molecular weight is 302 g/mol. The Labute approximate surface area is 127 Å². The van der Waals surface area contributed by atoms with Crippen molar-refractivity contribution in [1.29, 1.82) is 0 Å². The second kappa shape index (κ2) is 11.4. The zero-order valence-corrected chi connectivity index (χ0v) is 13.8. The van der Waals surface area contributed by atoms with Crippen molar-refractivity contribution < 1.29 is 19.1 Å². The maximum Gasteiger partial charge on any atom is 0.407 e. The zero-order valence-electron chi connectivity index (χ0n) is 13.8. The Morgan fingerprint density at radius 1 is 1.00 bits per heavy atom. The molecule has 0 aliphatic heterocycles. The molecule has 0 aliphatic carbocycles. The van der Waals surface area contributed by atoms with E-state index in [2.05, 4.69) is 10.6 Å². The minimum Gasteiger partial charge on any atom is -0.466 e. The molecule has 0 aliphatic rings. The third-order valence-corrected chi connectivity index (χ3v) is 2.51. The van der Waals surface area contributed by atoms with Crippen molar-refractivity contribution in [2.45, 2.75) is 59.0 Å². The number of carbonyl (C=O) groups excluding carboxylic acids is 2. The van der Waals surface area contributed by atoms with Gasteiger partial charge >= 0.3 is 12.1 Å². The van der Waals surface area contributed by atoms with Gasteiger partial charge in [0.1, 0.15) is 5.60 Å². The summed E-state index contributed by atoms with van der Waals surface area (Å²) in [6, 6.07) is 0. The van der Waals surface area contributed by atoms with Crippen LogP contribution < -0.4 is 10.6 Å². The van der Waals surface area contributed by atoms with Crippen molar-refractivity contribution >= 4 is 12.1 Å². The normalized spacial score (nSPS) is 11.0. The van der Waals surface area contributed by atoms with Crippen LogP contribution in [-0.2, 0) is 14.3 Å². The van der Waals surface area contributed by atoms with Crippen LogP contribution in [0.15, 0.2) is 0 Å². The molecule has 0 rings (SSSR count). The molecule has 1 amide bonds. The van der Waals surface area contributed by atoms with Crippen LogP contribution in [0, 0.1) is 0 Å². The molecule has 0 radical (unpaired) electrons. The van der Waals surface area contributed by atoms with Gasteiger partial charge in [0.25, 0.3) is 0 Å². The Bertz CT molecular complexity index is 301. The molecular weight excluding hydrogens is 272 g/mol. The fourth-order valence-corrected chi connectivity index (χ4v) is 1.62. The fraction of sp³-hybridized carbons (Fsp3) is 0.867. The Kier molecular flexibility index (Phi) is 10.7. The Hall–Kier alpha value is -1.30. The summed E-state index contributed by atoms with van der Waals surface area (Å²) in [7, 11) is 0. The highest BCUT2D eigenvalue weighted by Gasteiger charge is 2.15. The fourth-order valence-electron chi connectivity index (χ4n) is 1.62. The summed E-state index contributed by atoms with van der Waals surface area (Å²) in [4.78, 5) is 22.4. The van der Waals surface area contributed by atoms with E-state index in [9.17, 15) is 9.59 Å². The third kappa shape index (κ3) is 14.9. The third-order valence-electron chi connectivity index (χ3n) is 2.51. The van der Waals surface area contributed by atoms with Crippen molar-refractivity contribution in [2.75, 3.05) is 26.2 Å². The summed E-state index contributed by atoms with van der Waals surface area (Å²) in [6.45, 7) is 9.88. The Balaban J connectivity index is 3.30. The number of nitrogens with one attached hydrogen (secondary N) is 2. The van der Waals surface area contributed by atoms with Crippen molar-refractivity contribution in [2.24, 2.45) is 0 Å². The summed E-state index contributed by atoms with van der Waals surface area (Å²) < 4.78 is 9.97. The predicted molar refractivity (Wildman–Crippen MR) is 82.2 cm³/mol. The highest BCUT2D eigenvalue weighted by atomic mass is 16.6. The van der Waals surface area contributed by atoms with Crippen molar-refractivity contribution in [1.82, 2.24) is 10.6 Å². The molecule has 124 valence electrons. The summed E-state index contributed by atoms with van der Waals surface area (Å²) in [5.74, 6) is -0.119. The number of hydrogen-bond acceptors (Lipinski definition) is 5. The van der Waals surface area contributed by atoms with Crippen LogP contribution >= 0.6 is 0 Å².